The molecule has 3 rings (SSSR count). The second-order valence-electron chi connectivity index (χ2n) is 7.42. The average Bonchev–Trinajstić information content (AvgIpc) is 2.72. The molecule has 1 aliphatic heterocycles. The molecule has 0 aliphatic carbocycles. The first-order chi connectivity index (χ1) is 13.4. The minimum atomic E-state index is -3.24. The molecule has 0 spiro atoms. The van der Waals surface area contributed by atoms with Crippen LogP contribution < -0.4 is 4.74 Å². The van der Waals surface area contributed by atoms with Gasteiger partial charge in [-0.2, -0.15) is 0 Å². The van der Waals surface area contributed by atoms with Crippen molar-refractivity contribution >= 4 is 15.7 Å². The summed E-state index contributed by atoms with van der Waals surface area (Å²) >= 11 is 0. The Balaban J connectivity index is 1.49. The summed E-state index contributed by atoms with van der Waals surface area (Å²) in [5.74, 6) is 1.48. The van der Waals surface area contributed by atoms with Crippen LogP contribution in [0.25, 0.3) is 0 Å². The summed E-state index contributed by atoms with van der Waals surface area (Å²) in [6.45, 7) is 1.50. The van der Waals surface area contributed by atoms with E-state index in [0.29, 0.717) is 11.5 Å². The maximum atomic E-state index is 12.7. The fourth-order valence-corrected chi connectivity index (χ4v) is 4.25. The zero-order valence-corrected chi connectivity index (χ0v) is 17.2. The highest BCUT2D eigenvalue weighted by molar-refractivity contribution is 7.90. The van der Waals surface area contributed by atoms with Gasteiger partial charge in [0.25, 0.3) is 5.91 Å². The molecule has 0 aromatic heterocycles. The molecule has 0 atom stereocenters. The number of carbonyl (C=O) groups is 1. The average molecular weight is 402 g/mol. The van der Waals surface area contributed by atoms with Crippen LogP contribution in [0.4, 0.5) is 0 Å². The van der Waals surface area contributed by atoms with E-state index in [2.05, 4.69) is 12.1 Å². The Labute approximate surface area is 167 Å². The van der Waals surface area contributed by atoms with Crippen molar-refractivity contribution in [3.63, 3.8) is 0 Å². The van der Waals surface area contributed by atoms with Gasteiger partial charge >= 0.3 is 0 Å². The van der Waals surface area contributed by atoms with Crippen LogP contribution in [0, 0.1) is 5.92 Å². The molecule has 0 N–H and O–H groups in total. The first-order valence-corrected chi connectivity index (χ1v) is 11.5. The first kappa shape index (κ1) is 20.4. The number of aryl methyl sites for hydroxylation is 1. The van der Waals surface area contributed by atoms with Gasteiger partial charge in [0.15, 0.2) is 9.84 Å². The number of likely N-dealkylation sites (tertiary alicyclic amines) is 1. The molecule has 1 heterocycles. The van der Waals surface area contributed by atoms with Crippen molar-refractivity contribution in [1.82, 2.24) is 4.90 Å². The monoisotopic (exact) mass is 401 g/mol. The van der Waals surface area contributed by atoms with Gasteiger partial charge in [0, 0.05) is 24.9 Å². The van der Waals surface area contributed by atoms with Gasteiger partial charge in [-0.05, 0) is 73.6 Å². The number of rotatable bonds is 6. The fourth-order valence-electron chi connectivity index (χ4n) is 3.62. The van der Waals surface area contributed by atoms with Gasteiger partial charge in [0.2, 0.25) is 0 Å². The van der Waals surface area contributed by atoms with Crippen molar-refractivity contribution in [2.75, 3.05) is 26.5 Å². The zero-order chi connectivity index (χ0) is 20.1. The van der Waals surface area contributed by atoms with Crippen LogP contribution in [0.3, 0.4) is 0 Å². The maximum absolute atomic E-state index is 12.7. The second-order valence-corrected chi connectivity index (χ2v) is 9.43. The zero-order valence-electron chi connectivity index (χ0n) is 16.4. The highest BCUT2D eigenvalue weighted by Crippen LogP contribution is 2.24. The molecule has 2 aromatic carbocycles. The number of hydrogen-bond acceptors (Lipinski definition) is 4. The van der Waals surface area contributed by atoms with Crippen LogP contribution in [0.2, 0.25) is 0 Å². The molecule has 0 bridgehead atoms. The van der Waals surface area contributed by atoms with E-state index < -0.39 is 9.84 Å². The molecule has 1 fully saturated rings. The summed E-state index contributed by atoms with van der Waals surface area (Å²) in [7, 11) is -1.57. The summed E-state index contributed by atoms with van der Waals surface area (Å²) in [5.41, 5.74) is 1.86. The van der Waals surface area contributed by atoms with Gasteiger partial charge in [-0.25, -0.2) is 8.42 Å². The largest absolute Gasteiger partial charge is 0.497 e. The minimum absolute atomic E-state index is 0.0198. The Bertz CT molecular complexity index is 897. The molecular formula is C22H27NO4S. The Kier molecular flexibility index (Phi) is 6.39. The van der Waals surface area contributed by atoms with Crippen molar-refractivity contribution < 1.29 is 17.9 Å². The van der Waals surface area contributed by atoms with E-state index in [1.54, 1.807) is 19.2 Å². The summed E-state index contributed by atoms with van der Waals surface area (Å²) in [4.78, 5) is 14.8. The van der Waals surface area contributed by atoms with Crippen LogP contribution in [0.15, 0.2) is 53.4 Å². The first-order valence-electron chi connectivity index (χ1n) is 9.59. The van der Waals surface area contributed by atoms with E-state index >= 15 is 0 Å². The number of methoxy groups -OCH3 is 1. The number of sulfone groups is 1. The van der Waals surface area contributed by atoms with Gasteiger partial charge < -0.3 is 9.64 Å². The van der Waals surface area contributed by atoms with Crippen LogP contribution in [-0.2, 0) is 16.3 Å². The summed E-state index contributed by atoms with van der Waals surface area (Å²) in [6, 6.07) is 14.4. The smallest absolute Gasteiger partial charge is 0.253 e. The predicted octanol–water partition coefficient (Wildman–Crippen LogP) is 3.58. The third-order valence-electron chi connectivity index (χ3n) is 5.43. The Morgan fingerprint density at radius 3 is 2.18 bits per heavy atom. The van der Waals surface area contributed by atoms with E-state index in [4.69, 9.17) is 4.74 Å². The third-order valence-corrected chi connectivity index (χ3v) is 6.56. The number of nitrogens with zero attached hydrogens (tertiary/aromatic N) is 1. The van der Waals surface area contributed by atoms with Crippen LogP contribution >= 0.6 is 0 Å². The minimum Gasteiger partial charge on any atom is -0.497 e. The lowest BCUT2D eigenvalue weighted by molar-refractivity contribution is 0.0687. The van der Waals surface area contributed by atoms with E-state index in [1.165, 1.54) is 24.0 Å². The topological polar surface area (TPSA) is 63.7 Å². The molecule has 5 nitrogen and oxygen atoms in total. The van der Waals surface area contributed by atoms with Crippen LogP contribution in [0.5, 0.6) is 5.75 Å². The Morgan fingerprint density at radius 2 is 1.64 bits per heavy atom. The van der Waals surface area contributed by atoms with Crippen LogP contribution in [0.1, 0.15) is 35.2 Å². The third kappa shape index (κ3) is 5.13. The number of piperidine rings is 1. The summed E-state index contributed by atoms with van der Waals surface area (Å²) in [5, 5.41) is 0. The molecular weight excluding hydrogens is 374 g/mol. The lowest BCUT2D eigenvalue weighted by atomic mass is 9.90. The molecule has 2 aromatic rings. The van der Waals surface area contributed by atoms with E-state index in [0.717, 1.165) is 44.5 Å². The van der Waals surface area contributed by atoms with Crippen molar-refractivity contribution in [2.45, 2.75) is 30.6 Å². The van der Waals surface area contributed by atoms with Gasteiger partial charge in [-0.15, -0.1) is 0 Å². The van der Waals surface area contributed by atoms with Crippen molar-refractivity contribution in [3.8, 4) is 5.75 Å². The molecule has 1 saturated heterocycles. The lowest BCUT2D eigenvalue weighted by Gasteiger charge is -2.32. The molecule has 1 aliphatic rings. The van der Waals surface area contributed by atoms with Gasteiger partial charge in [-0.3, -0.25) is 4.79 Å². The Morgan fingerprint density at radius 1 is 1.04 bits per heavy atom. The molecule has 0 saturated carbocycles. The molecule has 0 radical (unpaired) electrons. The molecule has 1 amide bonds. The molecule has 6 heteroatoms. The predicted molar refractivity (Wildman–Crippen MR) is 109 cm³/mol. The highest BCUT2D eigenvalue weighted by atomic mass is 32.2. The molecule has 0 unspecified atom stereocenters. The van der Waals surface area contributed by atoms with E-state index in [-0.39, 0.29) is 10.8 Å². The number of ether oxygens (including phenoxy) is 1. The SMILES string of the molecule is COc1ccc(CCC2CCN(C(=O)c3ccc(S(C)(=O)=O)cc3)CC2)cc1. The lowest BCUT2D eigenvalue weighted by Crippen LogP contribution is -2.38. The fraction of sp³-hybridized carbons (Fsp3) is 0.409. The maximum Gasteiger partial charge on any atom is 0.253 e. The van der Waals surface area contributed by atoms with Gasteiger partial charge in [0.1, 0.15) is 5.75 Å². The highest BCUT2D eigenvalue weighted by Gasteiger charge is 2.23. The van der Waals surface area contributed by atoms with Crippen molar-refractivity contribution in [2.24, 2.45) is 5.92 Å². The second kappa shape index (κ2) is 8.78. The van der Waals surface area contributed by atoms with E-state index in [1.807, 2.05) is 17.0 Å². The van der Waals surface area contributed by atoms with Crippen molar-refractivity contribution in [1.29, 1.82) is 0 Å². The number of carbonyl (C=O) groups excluding carboxylic acids is 1. The van der Waals surface area contributed by atoms with E-state index in [9.17, 15) is 13.2 Å². The summed E-state index contributed by atoms with van der Waals surface area (Å²) < 4.78 is 28.3. The van der Waals surface area contributed by atoms with Crippen molar-refractivity contribution in [3.05, 3.63) is 59.7 Å². The van der Waals surface area contributed by atoms with Crippen LogP contribution in [-0.4, -0.2) is 45.7 Å². The number of hydrogen-bond donors (Lipinski definition) is 0. The van der Waals surface area contributed by atoms with Gasteiger partial charge in [0.05, 0.1) is 12.0 Å². The standard InChI is InChI=1S/C22H27NO4S/c1-27-20-9-5-17(6-10-20)3-4-18-13-15-23(16-14-18)22(24)19-7-11-21(12-8-19)28(2,25)26/h5-12,18H,3-4,13-16H2,1-2H3. The summed E-state index contributed by atoms with van der Waals surface area (Å²) in [6.07, 6.45) is 5.33. The molecule has 28 heavy (non-hydrogen) atoms. The molecule has 150 valence electrons. The number of benzene rings is 2. The number of amides is 1. The van der Waals surface area contributed by atoms with Gasteiger partial charge in [-0.1, -0.05) is 12.1 Å². The Hall–Kier alpha value is -2.34. The quantitative estimate of drug-likeness (QED) is 0.742. The normalized spacial score (nSPS) is 15.4.